The maximum absolute atomic E-state index is 12.6. The van der Waals surface area contributed by atoms with Crippen LogP contribution in [0, 0.1) is 0 Å². The minimum absolute atomic E-state index is 0.186. The Morgan fingerprint density at radius 3 is 2.40 bits per heavy atom. The van der Waals surface area contributed by atoms with Crippen molar-refractivity contribution in [1.82, 2.24) is 14.9 Å². The van der Waals surface area contributed by atoms with Gasteiger partial charge < -0.3 is 19.1 Å². The van der Waals surface area contributed by atoms with E-state index in [2.05, 4.69) is 9.97 Å². The van der Waals surface area contributed by atoms with Gasteiger partial charge in [0.1, 0.15) is 5.60 Å². The van der Waals surface area contributed by atoms with Crippen molar-refractivity contribution < 1.29 is 19.0 Å². The van der Waals surface area contributed by atoms with E-state index in [1.807, 2.05) is 56.9 Å². The van der Waals surface area contributed by atoms with Crippen LogP contribution in [0.15, 0.2) is 24.3 Å². The van der Waals surface area contributed by atoms with E-state index >= 15 is 0 Å². The monoisotopic (exact) mass is 415 g/mol. The third-order valence-corrected chi connectivity index (χ3v) is 4.97. The van der Waals surface area contributed by atoms with E-state index in [-0.39, 0.29) is 12.1 Å². The van der Waals surface area contributed by atoms with Gasteiger partial charge in [-0.15, -0.1) is 0 Å². The Bertz CT molecular complexity index is 850. The lowest BCUT2D eigenvalue weighted by atomic mass is 9.98. The number of piperidine rings is 1. The van der Waals surface area contributed by atoms with Crippen LogP contribution in [0.4, 0.5) is 4.79 Å². The van der Waals surface area contributed by atoms with Gasteiger partial charge in [-0.3, -0.25) is 0 Å². The van der Waals surface area contributed by atoms with E-state index in [1.54, 1.807) is 0 Å². The van der Waals surface area contributed by atoms with Crippen molar-refractivity contribution in [1.29, 1.82) is 0 Å². The first-order valence-corrected chi connectivity index (χ1v) is 10.9. The molecule has 1 amide bonds. The largest absolute Gasteiger partial charge is 0.474 e. The number of hydrogen-bond acceptors (Lipinski definition) is 6. The van der Waals surface area contributed by atoms with Crippen LogP contribution in [0.2, 0.25) is 0 Å². The Morgan fingerprint density at radius 2 is 1.77 bits per heavy atom. The van der Waals surface area contributed by atoms with Crippen molar-refractivity contribution in [2.75, 3.05) is 19.8 Å². The van der Waals surface area contributed by atoms with Gasteiger partial charge in [-0.05, 0) is 71.9 Å². The Morgan fingerprint density at radius 1 is 1.10 bits per heavy atom. The van der Waals surface area contributed by atoms with E-state index < -0.39 is 5.60 Å². The molecule has 0 bridgehead atoms. The number of fused-ring (bicyclic) bond motifs is 1. The topological polar surface area (TPSA) is 73.8 Å². The molecule has 0 N–H and O–H groups in total. The van der Waals surface area contributed by atoms with Crippen LogP contribution in [0.3, 0.4) is 0 Å². The smallest absolute Gasteiger partial charge is 0.410 e. The summed E-state index contributed by atoms with van der Waals surface area (Å²) in [6.45, 7) is 9.36. The second-order valence-electron chi connectivity index (χ2n) is 8.57. The van der Waals surface area contributed by atoms with E-state index in [1.165, 1.54) is 0 Å². The zero-order valence-corrected chi connectivity index (χ0v) is 18.5. The van der Waals surface area contributed by atoms with Crippen molar-refractivity contribution in [2.45, 2.75) is 71.4 Å². The fourth-order valence-corrected chi connectivity index (χ4v) is 3.64. The molecule has 2 heterocycles. The molecule has 0 saturated carbocycles. The van der Waals surface area contributed by atoms with Gasteiger partial charge in [-0.25, -0.2) is 14.8 Å². The number of amides is 1. The lowest BCUT2D eigenvalue weighted by Gasteiger charge is -2.36. The molecule has 3 rings (SSSR count). The molecule has 1 aromatic carbocycles. The van der Waals surface area contributed by atoms with Crippen molar-refractivity contribution in [2.24, 2.45) is 0 Å². The predicted octanol–water partition coefficient (Wildman–Crippen LogP) is 4.98. The second kappa shape index (κ2) is 9.96. The third-order valence-electron chi connectivity index (χ3n) is 4.97. The standard InChI is InChI=1S/C23H33N3O4/c1-5-28-20-21(25-19-14-7-6-13-18(19)24-20)29-16-10-12-17-11-8-9-15-26(17)22(27)30-23(2,3)4/h6-7,13-14,17H,5,8-12,15-16H2,1-4H3/t17-/m0/s1. The number of likely N-dealkylation sites (tertiary alicyclic amines) is 1. The molecule has 1 aliphatic heterocycles. The predicted molar refractivity (Wildman–Crippen MR) is 116 cm³/mol. The van der Waals surface area contributed by atoms with Crippen LogP contribution in [0.5, 0.6) is 11.8 Å². The second-order valence-corrected chi connectivity index (χ2v) is 8.57. The molecule has 1 aliphatic rings. The summed E-state index contributed by atoms with van der Waals surface area (Å²) in [5.74, 6) is 0.840. The summed E-state index contributed by atoms with van der Waals surface area (Å²) >= 11 is 0. The highest BCUT2D eigenvalue weighted by Crippen LogP contribution is 2.27. The van der Waals surface area contributed by atoms with Gasteiger partial charge in [-0.1, -0.05) is 12.1 Å². The molecule has 0 unspecified atom stereocenters. The maximum atomic E-state index is 12.6. The highest BCUT2D eigenvalue weighted by atomic mass is 16.6. The van der Waals surface area contributed by atoms with Gasteiger partial charge in [0, 0.05) is 12.6 Å². The minimum atomic E-state index is -0.480. The number of aromatic nitrogens is 2. The average molecular weight is 416 g/mol. The number of hydrogen-bond donors (Lipinski definition) is 0. The van der Waals surface area contributed by atoms with Crippen molar-refractivity contribution in [3.63, 3.8) is 0 Å². The van der Waals surface area contributed by atoms with Crippen molar-refractivity contribution >= 4 is 17.1 Å². The first kappa shape index (κ1) is 22.1. The van der Waals surface area contributed by atoms with Crippen LogP contribution < -0.4 is 9.47 Å². The average Bonchev–Trinajstić information content (AvgIpc) is 2.70. The molecule has 0 radical (unpaired) electrons. The molecule has 0 aliphatic carbocycles. The highest BCUT2D eigenvalue weighted by Gasteiger charge is 2.30. The molecule has 30 heavy (non-hydrogen) atoms. The number of carbonyl (C=O) groups excluding carboxylic acids is 1. The summed E-state index contributed by atoms with van der Waals surface area (Å²) in [5.41, 5.74) is 1.08. The van der Waals surface area contributed by atoms with Crippen LogP contribution in [-0.2, 0) is 4.74 Å². The van der Waals surface area contributed by atoms with E-state index in [0.717, 1.165) is 49.7 Å². The van der Waals surface area contributed by atoms with Gasteiger partial charge in [0.2, 0.25) is 0 Å². The Labute approximate surface area is 178 Å². The van der Waals surface area contributed by atoms with Crippen LogP contribution >= 0.6 is 0 Å². The van der Waals surface area contributed by atoms with Gasteiger partial charge in [-0.2, -0.15) is 0 Å². The van der Waals surface area contributed by atoms with Crippen LogP contribution in [0.1, 0.15) is 59.8 Å². The quantitative estimate of drug-likeness (QED) is 0.594. The van der Waals surface area contributed by atoms with Gasteiger partial charge in [0.05, 0.1) is 24.2 Å². The molecule has 1 saturated heterocycles. The Hall–Kier alpha value is -2.57. The first-order valence-electron chi connectivity index (χ1n) is 10.9. The van der Waals surface area contributed by atoms with E-state index in [9.17, 15) is 4.79 Å². The summed E-state index contributed by atoms with van der Waals surface area (Å²) in [6.07, 6.45) is 4.62. The summed E-state index contributed by atoms with van der Waals surface area (Å²) < 4.78 is 17.1. The molecular formula is C23H33N3O4. The summed E-state index contributed by atoms with van der Waals surface area (Å²) in [5, 5.41) is 0. The van der Waals surface area contributed by atoms with Gasteiger partial charge in [0.15, 0.2) is 0 Å². The molecule has 1 atom stereocenters. The van der Waals surface area contributed by atoms with Gasteiger partial charge in [0.25, 0.3) is 11.8 Å². The SMILES string of the molecule is CCOc1nc2ccccc2nc1OCCC[C@@H]1CCCCN1C(=O)OC(C)(C)C. The van der Waals surface area contributed by atoms with Crippen molar-refractivity contribution in [3.8, 4) is 11.8 Å². The number of rotatable bonds is 7. The molecule has 1 aromatic heterocycles. The third kappa shape index (κ3) is 5.97. The molecule has 1 fully saturated rings. The lowest BCUT2D eigenvalue weighted by Crippen LogP contribution is -2.46. The van der Waals surface area contributed by atoms with E-state index in [4.69, 9.17) is 14.2 Å². The van der Waals surface area contributed by atoms with Crippen molar-refractivity contribution in [3.05, 3.63) is 24.3 Å². The molecule has 7 nitrogen and oxygen atoms in total. The fraction of sp³-hybridized carbons (Fsp3) is 0.609. The molecule has 0 spiro atoms. The first-order chi connectivity index (χ1) is 14.4. The number of benzene rings is 1. The number of ether oxygens (including phenoxy) is 3. The Kier molecular flexibility index (Phi) is 7.34. The Balaban J connectivity index is 1.58. The number of para-hydroxylation sites is 2. The maximum Gasteiger partial charge on any atom is 0.410 e. The molecule has 7 heteroatoms. The molecule has 2 aromatic rings. The van der Waals surface area contributed by atoms with Crippen LogP contribution in [0.25, 0.3) is 11.0 Å². The zero-order chi connectivity index (χ0) is 21.6. The van der Waals surface area contributed by atoms with E-state index in [0.29, 0.717) is 25.0 Å². The molecular weight excluding hydrogens is 382 g/mol. The lowest BCUT2D eigenvalue weighted by molar-refractivity contribution is 0.00821. The number of nitrogens with zero attached hydrogens (tertiary/aromatic N) is 3. The van der Waals surface area contributed by atoms with Gasteiger partial charge >= 0.3 is 6.09 Å². The summed E-state index contributed by atoms with van der Waals surface area (Å²) in [6, 6.07) is 7.85. The molecule has 164 valence electrons. The zero-order valence-electron chi connectivity index (χ0n) is 18.5. The normalized spacial score (nSPS) is 17.1. The summed E-state index contributed by atoms with van der Waals surface area (Å²) in [4.78, 5) is 23.5. The highest BCUT2D eigenvalue weighted by molar-refractivity contribution is 5.75. The fourth-order valence-electron chi connectivity index (χ4n) is 3.64. The summed E-state index contributed by atoms with van der Waals surface area (Å²) in [7, 11) is 0. The minimum Gasteiger partial charge on any atom is -0.474 e. The number of carbonyl (C=O) groups is 1. The van der Waals surface area contributed by atoms with Crippen LogP contribution in [-0.4, -0.2) is 52.4 Å².